The van der Waals surface area contributed by atoms with Gasteiger partial charge in [0, 0.05) is 36.4 Å². The number of amides is 1. The summed E-state index contributed by atoms with van der Waals surface area (Å²) < 4.78 is 32.7. The zero-order valence-electron chi connectivity index (χ0n) is 18.4. The Bertz CT molecular complexity index is 825. The van der Waals surface area contributed by atoms with Crippen molar-refractivity contribution in [1.29, 1.82) is 0 Å². The first-order valence-corrected chi connectivity index (χ1v) is 12.5. The fraction of sp³-hybridized carbons (Fsp3) is 0.682. The number of carbonyl (C=O) groups excluding carboxylic acids is 1. The van der Waals surface area contributed by atoms with E-state index in [4.69, 9.17) is 4.74 Å². The maximum atomic E-state index is 12.8. The van der Waals surface area contributed by atoms with Gasteiger partial charge in [-0.2, -0.15) is 0 Å². The second kappa shape index (κ2) is 9.66. The van der Waals surface area contributed by atoms with Gasteiger partial charge in [-0.15, -0.1) is 0 Å². The van der Waals surface area contributed by atoms with Crippen LogP contribution < -0.4 is 14.9 Å². The minimum Gasteiger partial charge on any atom is -0.372 e. The maximum Gasteiger partial charge on any atom is 0.227 e. The van der Waals surface area contributed by atoms with Gasteiger partial charge in [0.2, 0.25) is 15.9 Å². The van der Waals surface area contributed by atoms with Crippen LogP contribution in [0.2, 0.25) is 0 Å². The molecular formula is C22H35N3O4S. The summed E-state index contributed by atoms with van der Waals surface area (Å²) in [5.41, 5.74) is 1.88. The Kier molecular flexibility index (Phi) is 7.42. The van der Waals surface area contributed by atoms with Gasteiger partial charge in [0.25, 0.3) is 0 Å². The molecule has 2 N–H and O–H groups in total. The van der Waals surface area contributed by atoms with E-state index in [1.54, 1.807) is 13.8 Å². The predicted octanol–water partition coefficient (Wildman–Crippen LogP) is 3.13. The highest BCUT2D eigenvalue weighted by Crippen LogP contribution is 2.28. The van der Waals surface area contributed by atoms with Crippen LogP contribution in [0.3, 0.4) is 0 Å². The summed E-state index contributed by atoms with van der Waals surface area (Å²) in [7, 11) is -3.27. The molecule has 0 aromatic heterocycles. The molecule has 2 atom stereocenters. The SMILES string of the molecule is CC(C)S(=O)(=O)N[C@H]1CC[C@H](C(=O)Nc2cccc(N3C[C@@H](C)O[C@@H](C)C3)c2)CC1. The molecule has 30 heavy (non-hydrogen) atoms. The molecule has 1 aliphatic heterocycles. The zero-order valence-corrected chi connectivity index (χ0v) is 19.2. The first-order valence-electron chi connectivity index (χ1n) is 11.0. The molecule has 1 saturated carbocycles. The molecule has 8 heteroatoms. The molecule has 1 saturated heterocycles. The first kappa shape index (κ1) is 23.0. The molecule has 1 aromatic carbocycles. The number of anilines is 2. The molecule has 0 unspecified atom stereocenters. The van der Waals surface area contributed by atoms with Crippen LogP contribution in [0, 0.1) is 5.92 Å². The van der Waals surface area contributed by atoms with E-state index in [0.29, 0.717) is 25.7 Å². The van der Waals surface area contributed by atoms with Crippen LogP contribution in [0.5, 0.6) is 0 Å². The highest BCUT2D eigenvalue weighted by molar-refractivity contribution is 7.90. The lowest BCUT2D eigenvalue weighted by atomic mass is 9.86. The van der Waals surface area contributed by atoms with Gasteiger partial charge in [-0.05, 0) is 71.6 Å². The van der Waals surface area contributed by atoms with Crippen LogP contribution in [0.4, 0.5) is 11.4 Å². The monoisotopic (exact) mass is 437 g/mol. The average Bonchev–Trinajstić information content (AvgIpc) is 2.67. The first-order chi connectivity index (χ1) is 14.1. The van der Waals surface area contributed by atoms with Crippen LogP contribution in [-0.4, -0.2) is 50.9 Å². The largest absolute Gasteiger partial charge is 0.372 e. The van der Waals surface area contributed by atoms with Gasteiger partial charge in [-0.1, -0.05) is 6.07 Å². The highest BCUT2D eigenvalue weighted by atomic mass is 32.2. The predicted molar refractivity (Wildman–Crippen MR) is 120 cm³/mol. The molecule has 0 radical (unpaired) electrons. The number of hydrogen-bond donors (Lipinski definition) is 2. The van der Waals surface area contributed by atoms with Crippen molar-refractivity contribution in [2.75, 3.05) is 23.3 Å². The molecule has 2 aliphatic rings. The van der Waals surface area contributed by atoms with Gasteiger partial charge in [0.05, 0.1) is 17.5 Å². The van der Waals surface area contributed by atoms with Crippen molar-refractivity contribution >= 4 is 27.3 Å². The minimum absolute atomic E-state index is 0.0148. The van der Waals surface area contributed by atoms with Crippen molar-refractivity contribution in [3.05, 3.63) is 24.3 Å². The fourth-order valence-corrected chi connectivity index (χ4v) is 5.23. The van der Waals surface area contributed by atoms with E-state index in [1.807, 2.05) is 18.2 Å². The summed E-state index contributed by atoms with van der Waals surface area (Å²) in [4.78, 5) is 15.1. The highest BCUT2D eigenvalue weighted by Gasteiger charge is 2.29. The third kappa shape index (κ3) is 5.95. The van der Waals surface area contributed by atoms with Crippen molar-refractivity contribution in [2.45, 2.75) is 76.9 Å². The van der Waals surface area contributed by atoms with E-state index in [2.05, 4.69) is 34.9 Å². The number of carbonyl (C=O) groups is 1. The normalized spacial score (nSPS) is 27.8. The topological polar surface area (TPSA) is 87.7 Å². The Balaban J connectivity index is 1.54. The second-order valence-corrected chi connectivity index (χ2v) is 11.2. The lowest BCUT2D eigenvalue weighted by Crippen LogP contribution is -2.45. The van der Waals surface area contributed by atoms with E-state index in [1.165, 1.54) is 0 Å². The van der Waals surface area contributed by atoms with E-state index in [9.17, 15) is 13.2 Å². The van der Waals surface area contributed by atoms with Gasteiger partial charge >= 0.3 is 0 Å². The van der Waals surface area contributed by atoms with Crippen LogP contribution in [-0.2, 0) is 19.6 Å². The number of morpholine rings is 1. The number of hydrogen-bond acceptors (Lipinski definition) is 5. The summed E-state index contributed by atoms with van der Waals surface area (Å²) in [6.07, 6.45) is 3.11. The van der Waals surface area contributed by atoms with Crippen molar-refractivity contribution in [1.82, 2.24) is 4.72 Å². The van der Waals surface area contributed by atoms with Crippen LogP contribution >= 0.6 is 0 Å². The summed E-state index contributed by atoms with van der Waals surface area (Å²) in [5.74, 6) is -0.0714. The van der Waals surface area contributed by atoms with E-state index >= 15 is 0 Å². The lowest BCUT2D eigenvalue weighted by molar-refractivity contribution is -0.120. The Morgan fingerprint density at radius 2 is 1.73 bits per heavy atom. The molecule has 0 spiro atoms. The molecule has 3 rings (SSSR count). The number of nitrogens with zero attached hydrogens (tertiary/aromatic N) is 1. The molecular weight excluding hydrogens is 402 g/mol. The quantitative estimate of drug-likeness (QED) is 0.714. The van der Waals surface area contributed by atoms with Crippen molar-refractivity contribution < 1.29 is 17.9 Å². The standard InChI is InChI=1S/C22H35N3O4S/c1-15(2)30(27,28)24-19-10-8-18(9-11-19)22(26)23-20-6-5-7-21(12-20)25-13-16(3)29-17(4)14-25/h5-7,12,15-19,24H,8-11,13-14H2,1-4H3,(H,23,26)/t16-,17+,18-,19-. The van der Waals surface area contributed by atoms with Gasteiger partial charge in [0.1, 0.15) is 0 Å². The Labute approximate surface area is 180 Å². The maximum absolute atomic E-state index is 12.8. The third-order valence-corrected chi connectivity index (χ3v) is 7.85. The van der Waals surface area contributed by atoms with Crippen molar-refractivity contribution in [2.24, 2.45) is 5.92 Å². The molecule has 168 valence electrons. The average molecular weight is 438 g/mol. The Hall–Kier alpha value is -1.64. The van der Waals surface area contributed by atoms with Crippen LogP contribution in [0.1, 0.15) is 53.4 Å². The van der Waals surface area contributed by atoms with Gasteiger partial charge < -0.3 is 15.0 Å². The fourth-order valence-electron chi connectivity index (χ4n) is 4.26. The molecule has 7 nitrogen and oxygen atoms in total. The zero-order chi connectivity index (χ0) is 21.9. The molecule has 2 fully saturated rings. The van der Waals surface area contributed by atoms with Gasteiger partial charge in [-0.25, -0.2) is 13.1 Å². The number of ether oxygens (including phenoxy) is 1. The van der Waals surface area contributed by atoms with E-state index < -0.39 is 15.3 Å². The number of sulfonamides is 1. The van der Waals surface area contributed by atoms with E-state index in [-0.39, 0.29) is 30.1 Å². The van der Waals surface area contributed by atoms with E-state index in [0.717, 1.165) is 24.5 Å². The molecule has 1 amide bonds. The number of benzene rings is 1. The van der Waals surface area contributed by atoms with Crippen molar-refractivity contribution in [3.63, 3.8) is 0 Å². The third-order valence-electron chi connectivity index (χ3n) is 5.95. The Morgan fingerprint density at radius 1 is 1.10 bits per heavy atom. The van der Waals surface area contributed by atoms with Gasteiger partial charge in [-0.3, -0.25) is 4.79 Å². The summed E-state index contributed by atoms with van der Waals surface area (Å²) >= 11 is 0. The number of rotatable bonds is 6. The summed E-state index contributed by atoms with van der Waals surface area (Å²) in [6, 6.07) is 7.89. The Morgan fingerprint density at radius 3 is 2.33 bits per heavy atom. The second-order valence-electron chi connectivity index (χ2n) is 8.96. The minimum atomic E-state index is -3.27. The van der Waals surface area contributed by atoms with Crippen molar-refractivity contribution in [3.8, 4) is 0 Å². The van der Waals surface area contributed by atoms with Crippen LogP contribution in [0.15, 0.2) is 24.3 Å². The van der Waals surface area contributed by atoms with Gasteiger partial charge in [0.15, 0.2) is 0 Å². The van der Waals surface area contributed by atoms with Crippen LogP contribution in [0.25, 0.3) is 0 Å². The molecule has 1 aromatic rings. The summed E-state index contributed by atoms with van der Waals surface area (Å²) in [5, 5.41) is 2.62. The lowest BCUT2D eigenvalue weighted by Gasteiger charge is -2.37. The molecule has 1 aliphatic carbocycles. The molecule has 1 heterocycles. The smallest absolute Gasteiger partial charge is 0.227 e. The summed E-state index contributed by atoms with van der Waals surface area (Å²) in [6.45, 7) is 9.16. The molecule has 0 bridgehead atoms. The number of nitrogens with one attached hydrogen (secondary N) is 2.